The van der Waals surface area contributed by atoms with Gasteiger partial charge in [-0.15, -0.1) is 29.7 Å². The van der Waals surface area contributed by atoms with Gasteiger partial charge in [0.2, 0.25) is 0 Å². The second kappa shape index (κ2) is 9.29. The Morgan fingerprint density at radius 1 is 0.727 bits per heavy atom. The van der Waals surface area contributed by atoms with Gasteiger partial charge in [0.1, 0.15) is 0 Å². The molecule has 4 fully saturated rings. The number of fused-ring (bicyclic) bond motifs is 10. The molecule has 0 aliphatic heterocycles. The summed E-state index contributed by atoms with van der Waals surface area (Å²) in [5.74, 6) is 2.75. The van der Waals surface area contributed by atoms with Crippen LogP contribution in [0.1, 0.15) is 103 Å². The van der Waals surface area contributed by atoms with Crippen LogP contribution in [0.3, 0.4) is 0 Å². The maximum Gasteiger partial charge on any atom is 0.0639 e. The number of imidazole rings is 1. The van der Waals surface area contributed by atoms with Gasteiger partial charge in [0.15, 0.2) is 0 Å². The molecule has 2 nitrogen and oxygen atoms in total. The predicted molar refractivity (Wildman–Crippen MR) is 178 cm³/mol. The SMILES string of the molecule is CC1(C)C2CCC1(C)C(c1cccc(C3CC4CCC3(C)C4(C)C)c1-c1cnc3c4[c-]cccc4c4ccccc4n13)C2.[Ir]. The van der Waals surface area contributed by atoms with Crippen molar-refractivity contribution in [1.29, 1.82) is 0 Å². The van der Waals surface area contributed by atoms with Crippen LogP contribution in [0.15, 0.2) is 66.9 Å². The van der Waals surface area contributed by atoms with Crippen molar-refractivity contribution in [2.75, 3.05) is 0 Å². The quantitative estimate of drug-likeness (QED) is 0.132. The third kappa shape index (κ3) is 3.34. The third-order valence-corrected chi connectivity index (χ3v) is 15.0. The molecule has 2 aromatic heterocycles. The van der Waals surface area contributed by atoms with Crippen LogP contribution in [0.25, 0.3) is 38.6 Å². The first-order valence-corrected chi connectivity index (χ1v) is 16.9. The Kier molecular flexibility index (Phi) is 6.12. The summed E-state index contributed by atoms with van der Waals surface area (Å²) in [6.07, 6.45) is 10.3. The summed E-state index contributed by atoms with van der Waals surface area (Å²) in [6.45, 7) is 15.5. The van der Waals surface area contributed by atoms with Crippen LogP contribution >= 0.6 is 0 Å². The first-order valence-electron chi connectivity index (χ1n) is 16.9. The number of para-hydroxylation sites is 1. The zero-order valence-electron chi connectivity index (χ0n) is 27.1. The van der Waals surface area contributed by atoms with Crippen molar-refractivity contribution in [3.8, 4) is 11.3 Å². The van der Waals surface area contributed by atoms with E-state index >= 15 is 0 Å². The van der Waals surface area contributed by atoms with Crippen molar-refractivity contribution in [2.45, 2.75) is 91.9 Å². The van der Waals surface area contributed by atoms with Crippen LogP contribution < -0.4 is 0 Å². The van der Waals surface area contributed by atoms with E-state index in [0.29, 0.717) is 33.5 Å². The van der Waals surface area contributed by atoms with Gasteiger partial charge in [0.25, 0.3) is 0 Å². The van der Waals surface area contributed by atoms with Crippen LogP contribution in [-0.4, -0.2) is 9.38 Å². The van der Waals surface area contributed by atoms with Gasteiger partial charge in [0.05, 0.1) is 11.3 Å². The summed E-state index contributed by atoms with van der Waals surface area (Å²) in [6, 6.07) is 26.4. The molecule has 1 radical (unpaired) electrons. The van der Waals surface area contributed by atoms with E-state index in [9.17, 15) is 0 Å². The first-order chi connectivity index (χ1) is 20.6. The van der Waals surface area contributed by atoms with Crippen LogP contribution in [-0.2, 0) is 20.1 Å². The second-order valence-corrected chi connectivity index (χ2v) is 16.4. The van der Waals surface area contributed by atoms with Crippen LogP contribution in [0.2, 0.25) is 0 Å². The summed E-state index contributed by atoms with van der Waals surface area (Å²) in [5, 5.41) is 3.63. The van der Waals surface area contributed by atoms with Gasteiger partial charge >= 0.3 is 0 Å². The summed E-state index contributed by atoms with van der Waals surface area (Å²) in [7, 11) is 0. The van der Waals surface area contributed by atoms with Crippen molar-refractivity contribution in [3.05, 3.63) is 84.1 Å². The van der Waals surface area contributed by atoms with Gasteiger partial charge in [-0.25, -0.2) is 0 Å². The summed E-state index contributed by atoms with van der Waals surface area (Å²) < 4.78 is 2.50. The Balaban J connectivity index is 0.00000289. The van der Waals surface area contributed by atoms with Gasteiger partial charge in [-0.3, -0.25) is 4.98 Å². The topological polar surface area (TPSA) is 17.3 Å². The van der Waals surface area contributed by atoms with Gasteiger partial charge in [-0.2, -0.15) is 0 Å². The normalized spacial score (nSPS) is 33.0. The van der Waals surface area contributed by atoms with Crippen molar-refractivity contribution >= 4 is 27.3 Å². The van der Waals surface area contributed by atoms with E-state index in [1.165, 1.54) is 66.1 Å². The molecule has 3 heteroatoms. The van der Waals surface area contributed by atoms with E-state index in [1.54, 1.807) is 11.1 Å². The van der Waals surface area contributed by atoms with Crippen LogP contribution in [0, 0.1) is 39.6 Å². The van der Waals surface area contributed by atoms with E-state index in [2.05, 4.69) is 113 Å². The molecule has 6 unspecified atom stereocenters. The molecule has 44 heavy (non-hydrogen) atoms. The van der Waals surface area contributed by atoms with Crippen LogP contribution in [0.4, 0.5) is 0 Å². The number of hydrogen-bond acceptors (Lipinski definition) is 1. The smallest absolute Gasteiger partial charge is 0.0639 e. The molecule has 6 atom stereocenters. The van der Waals surface area contributed by atoms with Gasteiger partial charge in [0, 0.05) is 37.4 Å². The van der Waals surface area contributed by atoms with E-state index < -0.39 is 0 Å². The molecule has 2 heterocycles. The third-order valence-electron chi connectivity index (χ3n) is 15.0. The molecule has 3 aromatic carbocycles. The van der Waals surface area contributed by atoms with Crippen molar-refractivity contribution < 1.29 is 20.1 Å². The molecule has 4 bridgehead atoms. The fraction of sp³-hybridized carbons (Fsp3) is 0.488. The second-order valence-electron chi connectivity index (χ2n) is 16.4. The average Bonchev–Trinajstić information content (AvgIpc) is 3.71. The molecule has 5 aromatic rings. The molecule has 0 spiro atoms. The van der Waals surface area contributed by atoms with E-state index in [4.69, 9.17) is 4.98 Å². The number of nitrogens with zero attached hydrogens (tertiary/aromatic N) is 2. The van der Waals surface area contributed by atoms with Crippen molar-refractivity contribution in [3.63, 3.8) is 0 Å². The Morgan fingerprint density at radius 3 is 1.89 bits per heavy atom. The molecule has 4 saturated carbocycles. The molecular weight excluding hydrogens is 713 g/mol. The number of benzene rings is 3. The molecule has 0 saturated heterocycles. The van der Waals surface area contributed by atoms with Gasteiger partial charge < -0.3 is 4.40 Å². The Hall–Kier alpha value is -2.48. The average molecular weight is 758 g/mol. The number of hydrogen-bond donors (Lipinski definition) is 0. The fourth-order valence-corrected chi connectivity index (χ4v) is 11.5. The van der Waals surface area contributed by atoms with Crippen molar-refractivity contribution in [2.24, 2.45) is 33.5 Å². The Morgan fingerprint density at radius 2 is 1.32 bits per heavy atom. The molecule has 229 valence electrons. The molecule has 4 aliphatic rings. The molecule has 4 aliphatic carbocycles. The minimum atomic E-state index is 0. The Labute approximate surface area is 276 Å². The summed E-state index contributed by atoms with van der Waals surface area (Å²) >= 11 is 0. The minimum absolute atomic E-state index is 0. The standard InChI is InChI=1S/C41H45N2.Ir/c1-38(2)25-18-20-40(38,5)32(22-25)30-15-11-16-31(33-23-26-19-21-41(33,6)39(26,3)4)36(30)35-24-42-37-29-14-8-7-12-27(29)28-13-9-10-17-34(28)43(35)37;/h7-13,15-17,24-26,32-33H,18-23H2,1-6H3;/q-1;. The molecule has 0 amide bonds. The zero-order chi connectivity index (χ0) is 29.5. The maximum absolute atomic E-state index is 5.23. The first kappa shape index (κ1) is 29.0. The monoisotopic (exact) mass is 758 g/mol. The van der Waals surface area contributed by atoms with E-state index in [1.807, 2.05) is 6.07 Å². The van der Waals surface area contributed by atoms with Crippen molar-refractivity contribution in [1.82, 2.24) is 9.38 Å². The molecule has 0 N–H and O–H groups in total. The van der Waals surface area contributed by atoms with Gasteiger partial charge in [-0.1, -0.05) is 83.3 Å². The minimum Gasteiger partial charge on any atom is -0.333 e. The fourth-order valence-electron chi connectivity index (χ4n) is 11.5. The largest absolute Gasteiger partial charge is 0.333 e. The zero-order valence-corrected chi connectivity index (χ0v) is 29.5. The predicted octanol–water partition coefficient (Wildman–Crippen LogP) is 11.0. The maximum atomic E-state index is 5.23. The number of aromatic nitrogens is 2. The van der Waals surface area contributed by atoms with E-state index in [0.717, 1.165) is 22.9 Å². The molecular formula is C41H45IrN2-. The Bertz CT molecular complexity index is 1900. The summed E-state index contributed by atoms with van der Waals surface area (Å²) in [5.41, 5.74) is 9.58. The number of rotatable bonds is 3. The number of pyridine rings is 1. The van der Waals surface area contributed by atoms with E-state index in [-0.39, 0.29) is 20.1 Å². The van der Waals surface area contributed by atoms with Crippen LogP contribution in [0.5, 0.6) is 0 Å². The van der Waals surface area contributed by atoms with Gasteiger partial charge in [-0.05, 0) is 106 Å². The molecule has 9 rings (SSSR count). The summed E-state index contributed by atoms with van der Waals surface area (Å²) in [4.78, 5) is 5.23.